The second-order valence-electron chi connectivity index (χ2n) is 4.95. The molecule has 0 aliphatic heterocycles. The van der Waals surface area contributed by atoms with E-state index in [4.69, 9.17) is 4.42 Å². The minimum absolute atomic E-state index is 0.668. The van der Waals surface area contributed by atoms with Crippen molar-refractivity contribution in [3.05, 3.63) is 58.5 Å². The quantitative estimate of drug-likeness (QED) is 0.482. The van der Waals surface area contributed by atoms with E-state index in [1.807, 2.05) is 36.4 Å². The van der Waals surface area contributed by atoms with Crippen LogP contribution in [0, 0.1) is 6.92 Å². The summed E-state index contributed by atoms with van der Waals surface area (Å²) in [6, 6.07) is 13.9. The van der Waals surface area contributed by atoms with E-state index in [1.54, 1.807) is 11.8 Å². The minimum atomic E-state index is 0.668. The van der Waals surface area contributed by atoms with Gasteiger partial charge in [0.2, 0.25) is 0 Å². The predicted molar refractivity (Wildman–Crippen MR) is 91.2 cm³/mol. The summed E-state index contributed by atoms with van der Waals surface area (Å²) < 4.78 is 8.82. The molecule has 4 nitrogen and oxygen atoms in total. The largest absolute Gasteiger partial charge is 0.431 e. The van der Waals surface area contributed by atoms with Crippen LogP contribution in [-0.2, 0) is 5.75 Å². The summed E-state index contributed by atoms with van der Waals surface area (Å²) in [5, 5.41) is 0.668. The zero-order valence-corrected chi connectivity index (χ0v) is 14.2. The van der Waals surface area contributed by atoms with Crippen molar-refractivity contribution < 1.29 is 4.42 Å². The van der Waals surface area contributed by atoms with E-state index in [-0.39, 0.29) is 0 Å². The van der Waals surface area contributed by atoms with Crippen LogP contribution in [0.25, 0.3) is 16.7 Å². The first kappa shape index (κ1) is 13.8. The number of hydrogen-bond acceptors (Lipinski definition) is 4. The first-order chi connectivity index (χ1) is 10.7. The number of nitrogens with zero attached hydrogens (tertiary/aromatic N) is 3. The summed E-state index contributed by atoms with van der Waals surface area (Å²) in [6.07, 6.45) is 0. The van der Waals surface area contributed by atoms with Gasteiger partial charge in [-0.05, 0) is 47.1 Å². The number of para-hydroxylation sites is 2. The monoisotopic (exact) mass is 373 g/mol. The number of hydrogen-bond donors (Lipinski definition) is 0. The lowest BCUT2D eigenvalue weighted by atomic mass is 10.3. The number of aromatic nitrogens is 3. The number of pyridine rings is 1. The van der Waals surface area contributed by atoms with Crippen LogP contribution in [0.5, 0.6) is 0 Å². The van der Waals surface area contributed by atoms with Crippen LogP contribution >= 0.6 is 27.7 Å². The molecular weight excluding hydrogens is 362 g/mol. The van der Waals surface area contributed by atoms with E-state index < -0.39 is 0 Å². The second-order valence-corrected chi connectivity index (χ2v) is 6.62. The average Bonchev–Trinajstić information content (AvgIpc) is 3.07. The zero-order valence-electron chi connectivity index (χ0n) is 11.8. The third kappa shape index (κ3) is 2.32. The van der Waals surface area contributed by atoms with Gasteiger partial charge in [-0.25, -0.2) is 9.97 Å². The number of imidazole rings is 1. The Morgan fingerprint density at radius 2 is 2.00 bits per heavy atom. The predicted octanol–water partition coefficient (Wildman–Crippen LogP) is 4.84. The highest BCUT2D eigenvalue weighted by atomic mass is 79.9. The van der Waals surface area contributed by atoms with Crippen LogP contribution in [0.3, 0.4) is 0 Å². The highest BCUT2D eigenvalue weighted by Gasteiger charge is 2.13. The highest BCUT2D eigenvalue weighted by Crippen LogP contribution is 2.29. The molecule has 0 unspecified atom stereocenters. The third-order valence-corrected chi connectivity index (χ3v) is 5.11. The maximum absolute atomic E-state index is 5.73. The standard InChI is InChI=1S/C16H12BrN3OS/c1-10-5-4-8-14-18-12(15(17)20(10)14)9-22-16-19-11-6-2-3-7-13(11)21-16/h2-8H,9H2,1H3. The molecule has 0 N–H and O–H groups in total. The zero-order chi connectivity index (χ0) is 15.1. The summed E-state index contributed by atoms with van der Waals surface area (Å²) in [4.78, 5) is 9.14. The van der Waals surface area contributed by atoms with Crippen molar-refractivity contribution >= 4 is 44.4 Å². The molecule has 6 heteroatoms. The molecule has 0 aliphatic rings. The van der Waals surface area contributed by atoms with Crippen molar-refractivity contribution in [1.82, 2.24) is 14.4 Å². The van der Waals surface area contributed by atoms with Crippen LogP contribution in [0.2, 0.25) is 0 Å². The van der Waals surface area contributed by atoms with E-state index in [2.05, 4.69) is 43.3 Å². The lowest BCUT2D eigenvalue weighted by molar-refractivity contribution is 0.489. The maximum Gasteiger partial charge on any atom is 0.257 e. The molecule has 0 atom stereocenters. The van der Waals surface area contributed by atoms with Crippen molar-refractivity contribution in [2.45, 2.75) is 17.9 Å². The Morgan fingerprint density at radius 3 is 2.82 bits per heavy atom. The van der Waals surface area contributed by atoms with Gasteiger partial charge in [0.25, 0.3) is 5.22 Å². The molecule has 0 amide bonds. The average molecular weight is 374 g/mol. The summed E-state index contributed by atoms with van der Waals surface area (Å²) in [6.45, 7) is 2.07. The van der Waals surface area contributed by atoms with E-state index in [0.29, 0.717) is 11.0 Å². The Morgan fingerprint density at radius 1 is 1.14 bits per heavy atom. The summed E-state index contributed by atoms with van der Waals surface area (Å²) in [5.74, 6) is 0.703. The van der Waals surface area contributed by atoms with Gasteiger partial charge < -0.3 is 4.42 Å². The van der Waals surface area contributed by atoms with E-state index in [0.717, 1.165) is 32.7 Å². The van der Waals surface area contributed by atoms with Crippen LogP contribution in [0.15, 0.2) is 56.7 Å². The van der Waals surface area contributed by atoms with Gasteiger partial charge in [0, 0.05) is 11.4 Å². The Hall–Kier alpha value is -1.79. The Kier molecular flexibility index (Phi) is 3.43. The molecule has 3 aromatic heterocycles. The lowest BCUT2D eigenvalue weighted by Gasteiger charge is -2.00. The van der Waals surface area contributed by atoms with Gasteiger partial charge in [0.1, 0.15) is 15.8 Å². The molecule has 4 rings (SSSR count). The molecular formula is C16H12BrN3OS. The summed E-state index contributed by atoms with van der Waals surface area (Å²) in [5.41, 5.74) is 4.78. The van der Waals surface area contributed by atoms with Crippen molar-refractivity contribution in [2.24, 2.45) is 0 Å². The molecule has 0 bridgehead atoms. The van der Waals surface area contributed by atoms with Gasteiger partial charge in [-0.2, -0.15) is 0 Å². The first-order valence-corrected chi connectivity index (χ1v) is 8.61. The molecule has 0 fully saturated rings. The molecule has 110 valence electrons. The van der Waals surface area contributed by atoms with E-state index in [9.17, 15) is 0 Å². The van der Waals surface area contributed by atoms with Gasteiger partial charge in [-0.3, -0.25) is 4.40 Å². The Bertz CT molecular complexity index is 943. The Labute approximate surface area is 139 Å². The van der Waals surface area contributed by atoms with Crippen molar-refractivity contribution in [3.8, 4) is 0 Å². The molecule has 0 saturated carbocycles. The summed E-state index contributed by atoms with van der Waals surface area (Å²) in [7, 11) is 0. The topological polar surface area (TPSA) is 43.3 Å². The van der Waals surface area contributed by atoms with Gasteiger partial charge in [-0.1, -0.05) is 30.0 Å². The minimum Gasteiger partial charge on any atom is -0.431 e. The molecule has 4 aromatic rings. The van der Waals surface area contributed by atoms with Crippen LogP contribution in [-0.4, -0.2) is 14.4 Å². The van der Waals surface area contributed by atoms with E-state index in [1.165, 1.54) is 0 Å². The molecule has 0 radical (unpaired) electrons. The lowest BCUT2D eigenvalue weighted by Crippen LogP contribution is -1.90. The molecule has 1 aromatic carbocycles. The van der Waals surface area contributed by atoms with Gasteiger partial charge >= 0.3 is 0 Å². The molecule has 0 saturated heterocycles. The number of rotatable bonds is 3. The number of halogens is 1. The molecule has 3 heterocycles. The smallest absolute Gasteiger partial charge is 0.257 e. The van der Waals surface area contributed by atoms with Gasteiger partial charge in [0.15, 0.2) is 5.58 Å². The second kappa shape index (κ2) is 5.44. The van der Waals surface area contributed by atoms with Crippen LogP contribution in [0.1, 0.15) is 11.4 Å². The van der Waals surface area contributed by atoms with Gasteiger partial charge in [-0.15, -0.1) is 0 Å². The number of aryl methyl sites for hydroxylation is 1. The SMILES string of the molecule is Cc1cccc2nc(CSc3nc4ccccc4o3)c(Br)n12. The van der Waals surface area contributed by atoms with Crippen molar-refractivity contribution in [3.63, 3.8) is 0 Å². The fraction of sp³-hybridized carbons (Fsp3) is 0.125. The number of benzene rings is 1. The van der Waals surface area contributed by atoms with Crippen molar-refractivity contribution in [2.75, 3.05) is 0 Å². The number of thioether (sulfide) groups is 1. The van der Waals surface area contributed by atoms with Crippen LogP contribution < -0.4 is 0 Å². The molecule has 22 heavy (non-hydrogen) atoms. The fourth-order valence-corrected chi connectivity index (χ4v) is 4.04. The number of oxazole rings is 1. The summed E-state index contributed by atoms with van der Waals surface area (Å²) >= 11 is 5.20. The Balaban J connectivity index is 1.63. The van der Waals surface area contributed by atoms with Crippen LogP contribution in [0.4, 0.5) is 0 Å². The third-order valence-electron chi connectivity index (χ3n) is 3.46. The van der Waals surface area contributed by atoms with Crippen molar-refractivity contribution in [1.29, 1.82) is 0 Å². The first-order valence-electron chi connectivity index (χ1n) is 6.83. The molecule has 0 aliphatic carbocycles. The molecule has 0 spiro atoms. The highest BCUT2D eigenvalue weighted by molar-refractivity contribution is 9.10. The maximum atomic E-state index is 5.73. The van der Waals surface area contributed by atoms with Gasteiger partial charge in [0.05, 0.1) is 5.69 Å². The van der Waals surface area contributed by atoms with E-state index >= 15 is 0 Å². The normalized spacial score (nSPS) is 11.5. The number of fused-ring (bicyclic) bond motifs is 2. The fourth-order valence-electron chi connectivity index (χ4n) is 2.39.